The van der Waals surface area contributed by atoms with Gasteiger partial charge < -0.3 is 0 Å². The highest BCUT2D eigenvalue weighted by Gasteiger charge is 2.20. The largest absolute Gasteiger partial charge is 0.334 e. The first-order chi connectivity index (χ1) is 11.6. The number of carbonyl (C=O) groups excluding carboxylic acids is 2. The Bertz CT molecular complexity index is 896. The second-order valence-corrected chi connectivity index (χ2v) is 7.53. The van der Waals surface area contributed by atoms with Gasteiger partial charge in [0.25, 0.3) is 5.91 Å². The molecular weight excluding hydrogens is 364 g/mol. The number of hydrogen-bond donors (Lipinski definition) is 1. The highest BCUT2D eigenvalue weighted by atomic mass is 35.5. The van der Waals surface area contributed by atoms with Crippen molar-refractivity contribution in [3.8, 4) is 0 Å². The van der Waals surface area contributed by atoms with E-state index in [4.69, 9.17) is 11.6 Å². The number of thiophene rings is 1. The van der Waals surface area contributed by atoms with Crippen LogP contribution in [0.3, 0.4) is 0 Å². The van der Waals surface area contributed by atoms with E-state index in [1.165, 1.54) is 27.6 Å². The average molecular weight is 377 g/mol. The number of benzene rings is 2. The fourth-order valence-corrected chi connectivity index (χ4v) is 4.21. The molecule has 122 valence electrons. The van der Waals surface area contributed by atoms with Gasteiger partial charge in [-0.1, -0.05) is 48.0 Å². The van der Waals surface area contributed by atoms with Gasteiger partial charge in [-0.2, -0.15) is 0 Å². The van der Waals surface area contributed by atoms with Crippen LogP contribution in [0.25, 0.3) is 10.1 Å². The average Bonchev–Trinajstić information content (AvgIpc) is 2.93. The van der Waals surface area contributed by atoms with Crippen LogP contribution in [0.15, 0.2) is 59.5 Å². The number of nitrogens with zero attached hydrogens (tertiary/aromatic N) is 1. The number of imide groups is 1. The van der Waals surface area contributed by atoms with Crippen LogP contribution in [-0.4, -0.2) is 23.3 Å². The van der Waals surface area contributed by atoms with E-state index in [1.807, 2.05) is 54.6 Å². The van der Waals surface area contributed by atoms with Crippen molar-refractivity contribution in [2.24, 2.45) is 0 Å². The molecule has 3 aromatic rings. The van der Waals surface area contributed by atoms with Crippen LogP contribution in [0.2, 0.25) is 5.02 Å². The van der Waals surface area contributed by atoms with Crippen molar-refractivity contribution in [2.75, 3.05) is 7.05 Å². The molecule has 1 aromatic heterocycles. The fourth-order valence-electron chi connectivity index (χ4n) is 2.07. The SMILES string of the molecule is CN(Sc1ccccc1)C(=O)NC(=O)c1sc2ccccc2c1Cl. The summed E-state index contributed by atoms with van der Waals surface area (Å²) in [5.41, 5.74) is 0. The molecule has 0 saturated carbocycles. The Morgan fingerprint density at radius 1 is 1.08 bits per heavy atom. The number of rotatable bonds is 3. The first-order valence-electron chi connectivity index (χ1n) is 7.05. The summed E-state index contributed by atoms with van der Waals surface area (Å²) in [6.45, 7) is 0. The van der Waals surface area contributed by atoms with Crippen LogP contribution in [-0.2, 0) is 0 Å². The maximum absolute atomic E-state index is 12.4. The van der Waals surface area contributed by atoms with E-state index < -0.39 is 11.9 Å². The highest BCUT2D eigenvalue weighted by Crippen LogP contribution is 2.35. The minimum absolute atomic E-state index is 0.337. The molecule has 1 N–H and O–H groups in total. The van der Waals surface area contributed by atoms with Crippen LogP contribution in [0.1, 0.15) is 9.67 Å². The summed E-state index contributed by atoms with van der Waals surface area (Å²) in [5.74, 6) is -0.494. The Labute approximate surface area is 152 Å². The topological polar surface area (TPSA) is 49.4 Å². The van der Waals surface area contributed by atoms with E-state index in [0.29, 0.717) is 9.90 Å². The van der Waals surface area contributed by atoms with E-state index >= 15 is 0 Å². The van der Waals surface area contributed by atoms with E-state index in [-0.39, 0.29) is 0 Å². The third kappa shape index (κ3) is 3.56. The number of amides is 3. The molecule has 2 aromatic carbocycles. The molecule has 4 nitrogen and oxygen atoms in total. The number of carbonyl (C=O) groups is 2. The number of hydrogen-bond acceptors (Lipinski definition) is 4. The lowest BCUT2D eigenvalue weighted by molar-refractivity contribution is 0.0965. The highest BCUT2D eigenvalue weighted by molar-refractivity contribution is 7.97. The summed E-state index contributed by atoms with van der Waals surface area (Å²) in [6, 6.07) is 16.4. The molecule has 0 aliphatic heterocycles. The van der Waals surface area contributed by atoms with E-state index in [0.717, 1.165) is 15.0 Å². The first kappa shape index (κ1) is 16.8. The van der Waals surface area contributed by atoms with Crippen molar-refractivity contribution in [1.82, 2.24) is 9.62 Å². The van der Waals surface area contributed by atoms with Gasteiger partial charge in [0.05, 0.1) is 5.02 Å². The second-order valence-electron chi connectivity index (χ2n) is 4.90. The van der Waals surface area contributed by atoms with E-state index in [1.54, 1.807) is 7.05 Å². The third-order valence-electron chi connectivity index (χ3n) is 3.23. The van der Waals surface area contributed by atoms with Gasteiger partial charge >= 0.3 is 6.03 Å². The maximum atomic E-state index is 12.4. The molecule has 3 amide bonds. The smallest absolute Gasteiger partial charge is 0.272 e. The van der Waals surface area contributed by atoms with Crippen molar-refractivity contribution in [1.29, 1.82) is 0 Å². The summed E-state index contributed by atoms with van der Waals surface area (Å²) in [4.78, 5) is 25.8. The lowest BCUT2D eigenvalue weighted by Crippen LogP contribution is -2.37. The maximum Gasteiger partial charge on any atom is 0.334 e. The van der Waals surface area contributed by atoms with E-state index in [9.17, 15) is 9.59 Å². The Morgan fingerprint density at radius 3 is 2.46 bits per heavy atom. The standard InChI is InChI=1S/C17H13ClN2O2S2/c1-20(24-11-7-3-2-4-8-11)17(22)19-16(21)15-14(18)12-9-5-6-10-13(12)23-15/h2-10H,1H3,(H,19,21,22). The van der Waals surface area contributed by atoms with E-state index in [2.05, 4.69) is 5.32 Å². The van der Waals surface area contributed by atoms with Crippen molar-refractivity contribution >= 4 is 56.9 Å². The molecule has 0 atom stereocenters. The number of fused-ring (bicyclic) bond motifs is 1. The third-order valence-corrected chi connectivity index (χ3v) is 5.83. The van der Waals surface area contributed by atoms with Crippen LogP contribution in [0.5, 0.6) is 0 Å². The summed E-state index contributed by atoms with van der Waals surface area (Å²) in [7, 11) is 1.60. The zero-order chi connectivity index (χ0) is 17.1. The van der Waals surface area contributed by atoms with Gasteiger partial charge in [-0.15, -0.1) is 11.3 Å². The van der Waals surface area contributed by atoms with Gasteiger partial charge in [0.2, 0.25) is 0 Å². The molecule has 0 saturated heterocycles. The van der Waals surface area contributed by atoms with Gasteiger partial charge in [0, 0.05) is 22.0 Å². The predicted molar refractivity (Wildman–Crippen MR) is 99.8 cm³/mol. The van der Waals surface area contributed by atoms with Crippen molar-refractivity contribution in [2.45, 2.75) is 4.90 Å². The first-order valence-corrected chi connectivity index (χ1v) is 9.02. The van der Waals surface area contributed by atoms with Crippen LogP contribution < -0.4 is 5.32 Å². The van der Waals surface area contributed by atoms with Gasteiger partial charge in [0.15, 0.2) is 0 Å². The predicted octanol–water partition coefficient (Wildman–Crippen LogP) is 5.04. The molecule has 0 radical (unpaired) electrons. The Kier molecular flexibility index (Phi) is 5.08. The zero-order valence-corrected chi connectivity index (χ0v) is 15.0. The van der Waals surface area contributed by atoms with Gasteiger partial charge in [-0.3, -0.25) is 14.4 Å². The zero-order valence-electron chi connectivity index (χ0n) is 12.7. The van der Waals surface area contributed by atoms with Crippen molar-refractivity contribution in [3.05, 3.63) is 64.5 Å². The van der Waals surface area contributed by atoms with Crippen molar-refractivity contribution in [3.63, 3.8) is 0 Å². The molecule has 0 aliphatic carbocycles. The van der Waals surface area contributed by atoms with Crippen molar-refractivity contribution < 1.29 is 9.59 Å². The Balaban J connectivity index is 1.71. The molecular formula is C17H13ClN2O2S2. The molecule has 24 heavy (non-hydrogen) atoms. The van der Waals surface area contributed by atoms with Crippen LogP contribution >= 0.6 is 34.9 Å². The Hall–Kier alpha value is -2.02. The molecule has 0 unspecified atom stereocenters. The minimum Gasteiger partial charge on any atom is -0.272 e. The summed E-state index contributed by atoms with van der Waals surface area (Å²) in [5, 5.41) is 3.56. The van der Waals surface area contributed by atoms with Gasteiger partial charge in [-0.05, 0) is 30.1 Å². The molecule has 3 rings (SSSR count). The number of urea groups is 1. The lowest BCUT2D eigenvalue weighted by atomic mass is 10.2. The lowest BCUT2D eigenvalue weighted by Gasteiger charge is -2.15. The summed E-state index contributed by atoms with van der Waals surface area (Å²) >= 11 is 8.77. The van der Waals surface area contributed by atoms with Crippen LogP contribution in [0, 0.1) is 0 Å². The van der Waals surface area contributed by atoms with Crippen LogP contribution in [0.4, 0.5) is 4.79 Å². The molecule has 0 spiro atoms. The van der Waals surface area contributed by atoms with Gasteiger partial charge in [-0.25, -0.2) is 4.79 Å². The minimum atomic E-state index is -0.498. The number of nitrogens with one attached hydrogen (secondary N) is 1. The molecule has 1 heterocycles. The van der Waals surface area contributed by atoms with Gasteiger partial charge in [0.1, 0.15) is 4.88 Å². The number of halogens is 1. The molecule has 0 bridgehead atoms. The molecule has 7 heteroatoms. The monoisotopic (exact) mass is 376 g/mol. The molecule has 0 aliphatic rings. The molecule has 0 fully saturated rings. The second kappa shape index (κ2) is 7.25. The normalized spacial score (nSPS) is 10.6. The fraction of sp³-hybridized carbons (Fsp3) is 0.0588. The quantitative estimate of drug-likeness (QED) is 0.651. The summed E-state index contributed by atoms with van der Waals surface area (Å²) in [6.07, 6.45) is 0. The summed E-state index contributed by atoms with van der Waals surface area (Å²) < 4.78 is 2.28. The Morgan fingerprint density at radius 2 is 1.75 bits per heavy atom.